The fraction of sp³-hybridized carbons (Fsp3) is 0.400. The molecule has 1 N–H and O–H groups in total. The van der Waals surface area contributed by atoms with Gasteiger partial charge in [-0.2, -0.15) is 0 Å². The van der Waals surface area contributed by atoms with Crippen LogP contribution in [0.3, 0.4) is 0 Å². The van der Waals surface area contributed by atoms with Gasteiger partial charge in [0.2, 0.25) is 0 Å². The molecule has 0 aliphatic carbocycles. The highest BCUT2D eigenvalue weighted by atomic mass is 16.5. The average molecular weight is 354 g/mol. The van der Waals surface area contributed by atoms with Crippen molar-refractivity contribution in [2.75, 3.05) is 50.6 Å². The maximum Gasteiger partial charge on any atom is 0.274 e. The van der Waals surface area contributed by atoms with E-state index >= 15 is 0 Å². The third-order valence-electron chi connectivity index (χ3n) is 4.38. The number of anilines is 2. The zero-order valence-corrected chi connectivity index (χ0v) is 15.4. The van der Waals surface area contributed by atoms with Crippen LogP contribution in [-0.4, -0.2) is 56.1 Å². The summed E-state index contributed by atoms with van der Waals surface area (Å²) in [4.78, 5) is 21.2. The second-order valence-corrected chi connectivity index (χ2v) is 6.70. The van der Waals surface area contributed by atoms with Gasteiger partial charge in [0.15, 0.2) is 0 Å². The minimum absolute atomic E-state index is 0.227. The van der Waals surface area contributed by atoms with Gasteiger partial charge in [0.1, 0.15) is 18.1 Å². The molecule has 0 saturated carbocycles. The van der Waals surface area contributed by atoms with Gasteiger partial charge in [-0.3, -0.25) is 9.78 Å². The molecule has 26 heavy (non-hydrogen) atoms. The molecule has 1 amide bonds. The van der Waals surface area contributed by atoms with Gasteiger partial charge >= 0.3 is 0 Å². The maximum absolute atomic E-state index is 12.7. The van der Waals surface area contributed by atoms with Crippen molar-refractivity contribution < 1.29 is 9.53 Å². The van der Waals surface area contributed by atoms with Crippen LogP contribution in [-0.2, 0) is 0 Å². The summed E-state index contributed by atoms with van der Waals surface area (Å²) in [6, 6.07) is 11.3. The Morgan fingerprint density at radius 3 is 2.77 bits per heavy atom. The number of ether oxygens (including phenoxy) is 1. The number of benzene rings is 1. The summed E-state index contributed by atoms with van der Waals surface area (Å²) >= 11 is 0. The highest BCUT2D eigenvalue weighted by Crippen LogP contribution is 2.25. The predicted molar refractivity (Wildman–Crippen MR) is 104 cm³/mol. The number of rotatable bonds is 7. The fourth-order valence-electron chi connectivity index (χ4n) is 2.94. The van der Waals surface area contributed by atoms with Crippen molar-refractivity contribution in [2.24, 2.45) is 0 Å². The molecule has 0 unspecified atom stereocenters. The van der Waals surface area contributed by atoms with Gasteiger partial charge in [-0.1, -0.05) is 12.1 Å². The molecule has 2 heterocycles. The second-order valence-electron chi connectivity index (χ2n) is 6.70. The summed E-state index contributed by atoms with van der Waals surface area (Å²) in [6.45, 7) is 3.44. The number of nitrogens with one attached hydrogen (secondary N) is 1. The summed E-state index contributed by atoms with van der Waals surface area (Å²) in [5.74, 6) is 0.438. The summed E-state index contributed by atoms with van der Waals surface area (Å²) in [5.41, 5.74) is 2.13. The lowest BCUT2D eigenvalue weighted by molar-refractivity contribution is 0.102. The second kappa shape index (κ2) is 8.67. The van der Waals surface area contributed by atoms with Gasteiger partial charge in [-0.05, 0) is 51.2 Å². The van der Waals surface area contributed by atoms with E-state index in [0.717, 1.165) is 25.3 Å². The topological polar surface area (TPSA) is 57.7 Å². The van der Waals surface area contributed by atoms with Crippen molar-refractivity contribution in [2.45, 2.75) is 12.8 Å². The SMILES string of the molecule is CN(C)CCOc1ccccc1NC(=O)c1cc(N2CCCC2)ccn1. The van der Waals surface area contributed by atoms with Crippen LogP contribution in [0, 0.1) is 0 Å². The van der Waals surface area contributed by atoms with Crippen molar-refractivity contribution in [1.29, 1.82) is 0 Å². The Kier molecular flexibility index (Phi) is 6.07. The molecule has 1 saturated heterocycles. The Morgan fingerprint density at radius 2 is 2.00 bits per heavy atom. The first-order valence-corrected chi connectivity index (χ1v) is 9.02. The molecule has 6 nitrogen and oxygen atoms in total. The Bertz CT molecular complexity index is 742. The Hall–Kier alpha value is -2.60. The lowest BCUT2D eigenvalue weighted by Gasteiger charge is -2.18. The van der Waals surface area contributed by atoms with E-state index in [2.05, 4.69) is 20.1 Å². The molecule has 1 aromatic carbocycles. The number of amides is 1. The lowest BCUT2D eigenvalue weighted by atomic mass is 10.2. The molecule has 2 aromatic rings. The zero-order valence-electron chi connectivity index (χ0n) is 15.4. The molecule has 0 bridgehead atoms. The molecule has 6 heteroatoms. The van der Waals surface area contributed by atoms with E-state index in [9.17, 15) is 4.79 Å². The molecule has 1 aliphatic heterocycles. The molecule has 0 spiro atoms. The van der Waals surface area contributed by atoms with Crippen molar-refractivity contribution in [3.05, 3.63) is 48.3 Å². The molecule has 0 radical (unpaired) electrons. The molecular weight excluding hydrogens is 328 g/mol. The van der Waals surface area contributed by atoms with Crippen molar-refractivity contribution in [3.63, 3.8) is 0 Å². The first-order chi connectivity index (χ1) is 12.6. The number of hydrogen-bond donors (Lipinski definition) is 1. The number of nitrogens with zero attached hydrogens (tertiary/aromatic N) is 3. The maximum atomic E-state index is 12.7. The molecule has 138 valence electrons. The minimum Gasteiger partial charge on any atom is -0.490 e. The Balaban J connectivity index is 1.69. The molecule has 1 aliphatic rings. The normalized spacial score (nSPS) is 13.9. The highest BCUT2D eigenvalue weighted by Gasteiger charge is 2.16. The number of likely N-dealkylation sites (N-methyl/N-ethyl adjacent to an activating group) is 1. The molecule has 1 aromatic heterocycles. The van der Waals surface area contributed by atoms with Gasteiger partial charge < -0.3 is 19.9 Å². The van der Waals surface area contributed by atoms with Crippen LogP contribution in [0.2, 0.25) is 0 Å². The molecular formula is C20H26N4O2. The number of para-hydroxylation sites is 2. The Labute approximate surface area is 154 Å². The smallest absolute Gasteiger partial charge is 0.274 e. The minimum atomic E-state index is -0.227. The van der Waals surface area contributed by atoms with Crippen molar-refractivity contribution in [1.82, 2.24) is 9.88 Å². The van der Waals surface area contributed by atoms with Crippen LogP contribution in [0.15, 0.2) is 42.6 Å². The van der Waals surface area contributed by atoms with Crippen LogP contribution in [0.1, 0.15) is 23.3 Å². The third kappa shape index (κ3) is 4.73. The van der Waals surface area contributed by atoms with Crippen LogP contribution in [0.25, 0.3) is 0 Å². The average Bonchev–Trinajstić information content (AvgIpc) is 3.18. The summed E-state index contributed by atoms with van der Waals surface area (Å²) in [7, 11) is 3.99. The molecule has 0 atom stereocenters. The molecule has 3 rings (SSSR count). The van der Waals surface area contributed by atoms with E-state index in [-0.39, 0.29) is 5.91 Å². The summed E-state index contributed by atoms with van der Waals surface area (Å²) in [5, 5.41) is 2.92. The highest BCUT2D eigenvalue weighted by molar-refractivity contribution is 6.04. The predicted octanol–water partition coefficient (Wildman–Crippen LogP) is 2.87. The van der Waals surface area contributed by atoms with E-state index in [1.165, 1.54) is 12.8 Å². The Morgan fingerprint density at radius 1 is 1.23 bits per heavy atom. The first kappa shape index (κ1) is 18.2. The van der Waals surface area contributed by atoms with E-state index in [4.69, 9.17) is 4.74 Å². The number of aromatic nitrogens is 1. The van der Waals surface area contributed by atoms with E-state index in [1.807, 2.05) is 50.5 Å². The van der Waals surface area contributed by atoms with Crippen LogP contribution >= 0.6 is 0 Å². The largest absolute Gasteiger partial charge is 0.490 e. The van der Waals surface area contributed by atoms with Gasteiger partial charge in [-0.25, -0.2) is 0 Å². The van der Waals surface area contributed by atoms with Crippen LogP contribution in [0.5, 0.6) is 5.75 Å². The van der Waals surface area contributed by atoms with Crippen LogP contribution in [0.4, 0.5) is 11.4 Å². The number of hydrogen-bond acceptors (Lipinski definition) is 5. The summed E-state index contributed by atoms with van der Waals surface area (Å²) in [6.07, 6.45) is 4.09. The quantitative estimate of drug-likeness (QED) is 0.829. The van der Waals surface area contributed by atoms with Gasteiger partial charge in [0.25, 0.3) is 5.91 Å². The summed E-state index contributed by atoms with van der Waals surface area (Å²) < 4.78 is 5.80. The van der Waals surface area contributed by atoms with Gasteiger partial charge in [-0.15, -0.1) is 0 Å². The van der Waals surface area contributed by atoms with E-state index in [1.54, 1.807) is 6.20 Å². The zero-order chi connectivity index (χ0) is 18.4. The number of pyridine rings is 1. The lowest BCUT2D eigenvalue weighted by Crippen LogP contribution is -2.21. The van der Waals surface area contributed by atoms with E-state index < -0.39 is 0 Å². The van der Waals surface area contributed by atoms with Crippen molar-refractivity contribution in [3.8, 4) is 5.75 Å². The first-order valence-electron chi connectivity index (χ1n) is 9.02. The van der Waals surface area contributed by atoms with Crippen LogP contribution < -0.4 is 15.0 Å². The van der Waals surface area contributed by atoms with E-state index in [0.29, 0.717) is 23.7 Å². The molecule has 1 fully saturated rings. The van der Waals surface area contributed by atoms with Gasteiger partial charge in [0, 0.05) is 31.5 Å². The number of carbonyl (C=O) groups is 1. The fourth-order valence-corrected chi connectivity index (χ4v) is 2.94. The number of carbonyl (C=O) groups excluding carboxylic acids is 1. The van der Waals surface area contributed by atoms with Crippen molar-refractivity contribution >= 4 is 17.3 Å². The standard InChI is InChI=1S/C20H26N4O2/c1-23(2)13-14-26-19-8-4-3-7-17(19)22-20(25)18-15-16(9-10-21-18)24-11-5-6-12-24/h3-4,7-10,15H,5-6,11-14H2,1-2H3,(H,22,25). The third-order valence-corrected chi connectivity index (χ3v) is 4.38. The monoisotopic (exact) mass is 354 g/mol. The van der Waals surface area contributed by atoms with Gasteiger partial charge in [0.05, 0.1) is 5.69 Å².